The Labute approximate surface area is 101 Å². The zero-order chi connectivity index (χ0) is 12.3. The van der Waals surface area contributed by atoms with Gasteiger partial charge in [0.1, 0.15) is 0 Å². The van der Waals surface area contributed by atoms with Crippen molar-refractivity contribution < 1.29 is 9.90 Å². The number of rotatable bonds is 5. The van der Waals surface area contributed by atoms with Gasteiger partial charge in [-0.3, -0.25) is 9.69 Å². The van der Waals surface area contributed by atoms with E-state index in [-0.39, 0.29) is 25.1 Å². The normalized spacial score (nSPS) is 18.4. The van der Waals surface area contributed by atoms with Crippen molar-refractivity contribution in [2.45, 2.75) is 18.9 Å². The molecule has 0 radical (unpaired) electrons. The Hall–Kier alpha value is -1.39. The highest BCUT2D eigenvalue weighted by Crippen LogP contribution is 2.35. The third-order valence-electron chi connectivity index (χ3n) is 3.29. The average Bonchev–Trinajstić information content (AvgIpc) is 2.71. The van der Waals surface area contributed by atoms with Gasteiger partial charge < -0.3 is 10.8 Å². The molecule has 1 aliphatic rings. The predicted octanol–water partition coefficient (Wildman–Crippen LogP) is 0.454. The summed E-state index contributed by atoms with van der Waals surface area (Å²) in [5.74, 6) is -0.345. The zero-order valence-corrected chi connectivity index (χ0v) is 9.80. The second-order valence-corrected chi connectivity index (χ2v) is 4.41. The van der Waals surface area contributed by atoms with Gasteiger partial charge in [0.2, 0.25) is 5.91 Å². The molecule has 4 heteroatoms. The van der Waals surface area contributed by atoms with E-state index in [0.717, 1.165) is 12.8 Å². The summed E-state index contributed by atoms with van der Waals surface area (Å²) in [6, 6.07) is 8.48. The summed E-state index contributed by atoms with van der Waals surface area (Å²) in [5.41, 5.74) is 7.85. The Morgan fingerprint density at radius 1 is 1.47 bits per heavy atom. The molecule has 17 heavy (non-hydrogen) atoms. The molecule has 1 atom stereocenters. The minimum atomic E-state index is -0.345. The maximum atomic E-state index is 11.1. The second kappa shape index (κ2) is 5.29. The van der Waals surface area contributed by atoms with Crippen LogP contribution >= 0.6 is 0 Å². The molecular weight excluding hydrogens is 216 g/mol. The van der Waals surface area contributed by atoms with Crippen LogP contribution in [0.1, 0.15) is 23.6 Å². The third kappa shape index (κ3) is 2.65. The summed E-state index contributed by atoms with van der Waals surface area (Å²) in [5, 5.41) is 9.06. The minimum absolute atomic E-state index is 0.0476. The van der Waals surface area contributed by atoms with Gasteiger partial charge in [0.05, 0.1) is 13.2 Å². The quantitative estimate of drug-likeness (QED) is 0.777. The standard InChI is InChI=1S/C13H18N2O2/c14-13(17)9-15(7-8-16)12-6-5-10-3-1-2-4-11(10)12/h1-4,12,16H,5-9H2,(H2,14,17). The molecule has 0 spiro atoms. The molecule has 92 valence electrons. The lowest BCUT2D eigenvalue weighted by molar-refractivity contribution is -0.119. The number of hydrogen-bond acceptors (Lipinski definition) is 3. The zero-order valence-electron chi connectivity index (χ0n) is 9.80. The summed E-state index contributed by atoms with van der Waals surface area (Å²) in [7, 11) is 0. The fourth-order valence-corrected chi connectivity index (χ4v) is 2.59. The van der Waals surface area contributed by atoms with Crippen molar-refractivity contribution in [2.24, 2.45) is 5.73 Å². The van der Waals surface area contributed by atoms with Gasteiger partial charge in [-0.2, -0.15) is 0 Å². The van der Waals surface area contributed by atoms with E-state index in [1.54, 1.807) is 0 Å². The topological polar surface area (TPSA) is 66.6 Å². The summed E-state index contributed by atoms with van der Waals surface area (Å²) in [6.45, 7) is 0.744. The van der Waals surface area contributed by atoms with Gasteiger partial charge in [-0.25, -0.2) is 0 Å². The number of amides is 1. The SMILES string of the molecule is NC(=O)CN(CCO)C1CCc2ccccc21. The third-order valence-corrected chi connectivity index (χ3v) is 3.29. The average molecular weight is 234 g/mol. The fraction of sp³-hybridized carbons (Fsp3) is 0.462. The molecule has 0 saturated carbocycles. The largest absolute Gasteiger partial charge is 0.395 e. The highest BCUT2D eigenvalue weighted by molar-refractivity contribution is 5.76. The maximum Gasteiger partial charge on any atom is 0.231 e. The number of carbonyl (C=O) groups is 1. The van der Waals surface area contributed by atoms with Gasteiger partial charge in [0, 0.05) is 12.6 Å². The van der Waals surface area contributed by atoms with Crippen molar-refractivity contribution in [1.29, 1.82) is 0 Å². The smallest absolute Gasteiger partial charge is 0.231 e. The number of aliphatic hydroxyl groups is 1. The number of carbonyl (C=O) groups excluding carboxylic acids is 1. The van der Waals surface area contributed by atoms with Gasteiger partial charge in [0.25, 0.3) is 0 Å². The molecule has 3 N–H and O–H groups in total. The Morgan fingerprint density at radius 3 is 2.94 bits per heavy atom. The molecule has 0 heterocycles. The number of hydrogen-bond donors (Lipinski definition) is 2. The lowest BCUT2D eigenvalue weighted by Gasteiger charge is -2.27. The molecular formula is C13H18N2O2. The van der Waals surface area contributed by atoms with Gasteiger partial charge in [-0.15, -0.1) is 0 Å². The summed E-state index contributed by atoms with van der Waals surface area (Å²) < 4.78 is 0. The van der Waals surface area contributed by atoms with Crippen LogP contribution in [0.4, 0.5) is 0 Å². The molecule has 1 aromatic rings. The van der Waals surface area contributed by atoms with E-state index in [4.69, 9.17) is 10.8 Å². The summed E-state index contributed by atoms with van der Waals surface area (Å²) >= 11 is 0. The van der Waals surface area contributed by atoms with E-state index in [2.05, 4.69) is 12.1 Å². The van der Waals surface area contributed by atoms with E-state index in [0.29, 0.717) is 6.54 Å². The molecule has 4 nitrogen and oxygen atoms in total. The molecule has 0 bridgehead atoms. The predicted molar refractivity (Wildman–Crippen MR) is 65.4 cm³/mol. The van der Waals surface area contributed by atoms with E-state index >= 15 is 0 Å². The number of aliphatic hydroxyl groups excluding tert-OH is 1. The van der Waals surface area contributed by atoms with Crippen LogP contribution in [0, 0.1) is 0 Å². The molecule has 0 aliphatic heterocycles. The van der Waals surface area contributed by atoms with E-state index in [1.165, 1.54) is 11.1 Å². The van der Waals surface area contributed by atoms with Crippen LogP contribution in [-0.4, -0.2) is 35.6 Å². The lowest BCUT2D eigenvalue weighted by atomic mass is 10.1. The van der Waals surface area contributed by atoms with Gasteiger partial charge in [-0.1, -0.05) is 24.3 Å². The number of nitrogens with zero attached hydrogens (tertiary/aromatic N) is 1. The van der Waals surface area contributed by atoms with Crippen molar-refractivity contribution >= 4 is 5.91 Å². The monoisotopic (exact) mass is 234 g/mol. The van der Waals surface area contributed by atoms with Gasteiger partial charge >= 0.3 is 0 Å². The fourth-order valence-electron chi connectivity index (χ4n) is 2.59. The van der Waals surface area contributed by atoms with Crippen molar-refractivity contribution in [3.05, 3.63) is 35.4 Å². The molecule has 2 rings (SSSR count). The van der Waals surface area contributed by atoms with Crippen LogP contribution in [-0.2, 0) is 11.2 Å². The second-order valence-electron chi connectivity index (χ2n) is 4.41. The molecule has 1 unspecified atom stereocenters. The van der Waals surface area contributed by atoms with Crippen molar-refractivity contribution in [3.63, 3.8) is 0 Å². The Kier molecular flexibility index (Phi) is 3.76. The molecule has 1 aromatic carbocycles. The Balaban J connectivity index is 2.18. The molecule has 1 amide bonds. The Bertz CT molecular complexity index is 406. The van der Waals surface area contributed by atoms with Gasteiger partial charge in [0.15, 0.2) is 0 Å². The molecule has 1 aliphatic carbocycles. The van der Waals surface area contributed by atoms with E-state index < -0.39 is 0 Å². The first-order valence-electron chi connectivity index (χ1n) is 5.93. The highest BCUT2D eigenvalue weighted by Gasteiger charge is 2.27. The number of aryl methyl sites for hydroxylation is 1. The van der Waals surface area contributed by atoms with E-state index in [1.807, 2.05) is 17.0 Å². The molecule has 0 aromatic heterocycles. The van der Waals surface area contributed by atoms with Gasteiger partial charge in [-0.05, 0) is 24.0 Å². The first kappa shape index (κ1) is 12.1. The minimum Gasteiger partial charge on any atom is -0.395 e. The van der Waals surface area contributed by atoms with Crippen LogP contribution in [0.15, 0.2) is 24.3 Å². The molecule has 0 fully saturated rings. The Morgan fingerprint density at radius 2 is 2.24 bits per heavy atom. The highest BCUT2D eigenvalue weighted by atomic mass is 16.3. The van der Waals surface area contributed by atoms with Crippen molar-refractivity contribution in [2.75, 3.05) is 19.7 Å². The number of primary amides is 1. The first-order chi connectivity index (χ1) is 8.22. The van der Waals surface area contributed by atoms with Crippen LogP contribution in [0.5, 0.6) is 0 Å². The number of benzene rings is 1. The lowest BCUT2D eigenvalue weighted by Crippen LogP contribution is -2.37. The molecule has 0 saturated heterocycles. The van der Waals surface area contributed by atoms with Crippen molar-refractivity contribution in [3.8, 4) is 0 Å². The first-order valence-corrected chi connectivity index (χ1v) is 5.93. The summed E-state index contributed by atoms with van der Waals surface area (Å²) in [4.78, 5) is 13.0. The number of nitrogens with two attached hydrogens (primary N) is 1. The van der Waals surface area contributed by atoms with E-state index in [9.17, 15) is 4.79 Å². The summed E-state index contributed by atoms with van der Waals surface area (Å²) in [6.07, 6.45) is 2.02. The van der Waals surface area contributed by atoms with Crippen LogP contribution in [0.25, 0.3) is 0 Å². The van der Waals surface area contributed by atoms with Crippen LogP contribution in [0.3, 0.4) is 0 Å². The maximum absolute atomic E-state index is 11.1. The number of fused-ring (bicyclic) bond motifs is 1. The van der Waals surface area contributed by atoms with Crippen molar-refractivity contribution in [1.82, 2.24) is 4.90 Å². The van der Waals surface area contributed by atoms with Crippen LogP contribution < -0.4 is 5.73 Å². The van der Waals surface area contributed by atoms with Crippen LogP contribution in [0.2, 0.25) is 0 Å².